The average molecular weight is 416 g/mol. The highest BCUT2D eigenvalue weighted by molar-refractivity contribution is 5.95. The molecule has 0 atom stereocenters. The van der Waals surface area contributed by atoms with Gasteiger partial charge in [-0.1, -0.05) is 12.1 Å². The fourth-order valence-corrected chi connectivity index (χ4v) is 3.87. The van der Waals surface area contributed by atoms with E-state index in [9.17, 15) is 9.59 Å². The van der Waals surface area contributed by atoms with Crippen molar-refractivity contribution in [3.8, 4) is 0 Å². The van der Waals surface area contributed by atoms with Crippen molar-refractivity contribution in [2.45, 2.75) is 12.8 Å². The normalized spacial score (nSPS) is 14.8. The first kappa shape index (κ1) is 18.9. The summed E-state index contributed by atoms with van der Waals surface area (Å²) in [6.07, 6.45) is 1.22. The van der Waals surface area contributed by atoms with Gasteiger partial charge in [-0.15, -0.1) is 5.10 Å². The van der Waals surface area contributed by atoms with Crippen LogP contribution in [-0.4, -0.2) is 54.8 Å². The smallest absolute Gasteiger partial charge is 0.253 e. The number of hydrogen-bond donors (Lipinski definition) is 2. The molecular weight excluding hydrogens is 396 g/mol. The number of carbonyl (C=O) groups excluding carboxylic acids is 2. The average Bonchev–Trinajstić information content (AvgIpc) is 3.30. The van der Waals surface area contributed by atoms with Gasteiger partial charge in [0.1, 0.15) is 0 Å². The molecule has 10 heteroatoms. The minimum absolute atomic E-state index is 0.0534. The van der Waals surface area contributed by atoms with Crippen molar-refractivity contribution < 1.29 is 9.59 Å². The van der Waals surface area contributed by atoms with Gasteiger partial charge in [0.05, 0.1) is 11.0 Å². The second kappa shape index (κ2) is 7.63. The first-order valence-corrected chi connectivity index (χ1v) is 10.0. The summed E-state index contributed by atoms with van der Waals surface area (Å²) in [6.45, 7) is 1.07. The van der Waals surface area contributed by atoms with Crippen LogP contribution in [0.1, 0.15) is 23.2 Å². The van der Waals surface area contributed by atoms with Crippen LogP contribution in [-0.2, 0) is 4.79 Å². The van der Waals surface area contributed by atoms with Gasteiger partial charge in [0, 0.05) is 30.3 Å². The molecule has 0 bridgehead atoms. The summed E-state index contributed by atoms with van der Waals surface area (Å²) in [5.41, 5.74) is 8.80. The molecule has 0 radical (unpaired) electrons. The van der Waals surface area contributed by atoms with E-state index in [0.717, 1.165) is 16.7 Å². The third-order valence-corrected chi connectivity index (χ3v) is 5.60. The molecule has 0 aliphatic carbocycles. The first-order chi connectivity index (χ1) is 15.1. The van der Waals surface area contributed by atoms with Gasteiger partial charge < -0.3 is 16.0 Å². The zero-order valence-electron chi connectivity index (χ0n) is 16.6. The SMILES string of the molecule is NC(=O)C1CCN(C(=O)c2ccc(Nc3nc4ccccc4n4nnnc34)cc2)CC1. The van der Waals surface area contributed by atoms with E-state index in [2.05, 4.69) is 25.8 Å². The van der Waals surface area contributed by atoms with E-state index in [4.69, 9.17) is 5.73 Å². The molecular formula is C21H20N8O2. The van der Waals surface area contributed by atoms with Crippen molar-refractivity contribution in [1.29, 1.82) is 0 Å². The van der Waals surface area contributed by atoms with Crippen LogP contribution in [0.25, 0.3) is 16.7 Å². The molecule has 4 aromatic rings. The number of likely N-dealkylation sites (tertiary alicyclic amines) is 1. The number of para-hydroxylation sites is 2. The van der Waals surface area contributed by atoms with Gasteiger partial charge in [0.15, 0.2) is 5.82 Å². The van der Waals surface area contributed by atoms with Gasteiger partial charge >= 0.3 is 0 Å². The van der Waals surface area contributed by atoms with E-state index in [1.807, 2.05) is 36.4 Å². The number of benzene rings is 2. The molecule has 3 heterocycles. The number of nitrogens with two attached hydrogens (primary N) is 1. The van der Waals surface area contributed by atoms with Crippen molar-refractivity contribution in [3.05, 3.63) is 54.1 Å². The largest absolute Gasteiger partial charge is 0.369 e. The van der Waals surface area contributed by atoms with Crippen LogP contribution in [0.3, 0.4) is 0 Å². The Kier molecular flexibility index (Phi) is 4.66. The molecule has 0 saturated carbocycles. The molecule has 1 aliphatic rings. The molecule has 0 spiro atoms. The molecule has 1 aliphatic heterocycles. The number of aromatic nitrogens is 5. The highest BCUT2D eigenvalue weighted by atomic mass is 16.2. The van der Waals surface area contributed by atoms with E-state index in [-0.39, 0.29) is 17.7 Å². The van der Waals surface area contributed by atoms with Crippen molar-refractivity contribution in [3.63, 3.8) is 0 Å². The lowest BCUT2D eigenvalue weighted by Gasteiger charge is -2.30. The Labute approximate surface area is 177 Å². The Balaban J connectivity index is 1.34. The number of amides is 2. The summed E-state index contributed by atoms with van der Waals surface area (Å²) >= 11 is 0. The van der Waals surface area contributed by atoms with Crippen LogP contribution in [0.15, 0.2) is 48.5 Å². The number of tetrazole rings is 1. The van der Waals surface area contributed by atoms with Crippen LogP contribution in [0.2, 0.25) is 0 Å². The lowest BCUT2D eigenvalue weighted by atomic mass is 9.96. The van der Waals surface area contributed by atoms with Gasteiger partial charge in [0.2, 0.25) is 11.6 Å². The molecule has 1 fully saturated rings. The van der Waals surface area contributed by atoms with Crippen LogP contribution in [0.5, 0.6) is 0 Å². The van der Waals surface area contributed by atoms with Crippen LogP contribution < -0.4 is 11.1 Å². The molecule has 3 N–H and O–H groups in total. The quantitative estimate of drug-likeness (QED) is 0.518. The second-order valence-electron chi connectivity index (χ2n) is 7.53. The van der Waals surface area contributed by atoms with E-state index in [1.54, 1.807) is 21.5 Å². The van der Waals surface area contributed by atoms with Gasteiger partial charge in [-0.2, -0.15) is 4.52 Å². The molecule has 10 nitrogen and oxygen atoms in total. The fraction of sp³-hybridized carbons (Fsp3) is 0.238. The number of rotatable bonds is 4. The number of nitrogens with one attached hydrogen (secondary N) is 1. The molecule has 1 saturated heterocycles. The van der Waals surface area contributed by atoms with Crippen molar-refractivity contribution in [2.75, 3.05) is 18.4 Å². The number of anilines is 2. The Morgan fingerprint density at radius 1 is 1.03 bits per heavy atom. The van der Waals surface area contributed by atoms with Gasteiger partial charge in [-0.25, -0.2) is 4.98 Å². The molecule has 2 amide bonds. The fourth-order valence-electron chi connectivity index (χ4n) is 3.87. The number of primary amides is 1. The summed E-state index contributed by atoms with van der Waals surface area (Å²) in [5, 5.41) is 15.1. The summed E-state index contributed by atoms with van der Waals surface area (Å²) in [7, 11) is 0. The van der Waals surface area contributed by atoms with Crippen LogP contribution in [0.4, 0.5) is 11.5 Å². The lowest BCUT2D eigenvalue weighted by molar-refractivity contribution is -0.123. The number of piperidine rings is 1. The number of fused-ring (bicyclic) bond motifs is 3. The number of hydrogen-bond acceptors (Lipinski definition) is 7. The summed E-state index contributed by atoms with van der Waals surface area (Å²) in [5.74, 6) is 0.0361. The Morgan fingerprint density at radius 3 is 2.52 bits per heavy atom. The minimum Gasteiger partial charge on any atom is -0.369 e. The zero-order valence-corrected chi connectivity index (χ0v) is 16.6. The molecule has 31 heavy (non-hydrogen) atoms. The van der Waals surface area contributed by atoms with E-state index >= 15 is 0 Å². The summed E-state index contributed by atoms with van der Waals surface area (Å²) in [6, 6.07) is 14.8. The third kappa shape index (κ3) is 3.52. The van der Waals surface area contributed by atoms with Gasteiger partial charge in [0.25, 0.3) is 5.91 Å². The maximum atomic E-state index is 12.8. The second-order valence-corrected chi connectivity index (χ2v) is 7.53. The number of carbonyl (C=O) groups is 2. The Bertz CT molecular complexity index is 1280. The van der Waals surface area contributed by atoms with Crippen LogP contribution in [0, 0.1) is 5.92 Å². The third-order valence-electron chi connectivity index (χ3n) is 5.60. The maximum absolute atomic E-state index is 12.8. The lowest BCUT2D eigenvalue weighted by Crippen LogP contribution is -2.41. The highest BCUT2D eigenvalue weighted by Gasteiger charge is 2.26. The predicted octanol–water partition coefficient (Wildman–Crippen LogP) is 1.75. The molecule has 5 rings (SSSR count). The molecule has 156 valence electrons. The van der Waals surface area contributed by atoms with E-state index < -0.39 is 0 Å². The summed E-state index contributed by atoms with van der Waals surface area (Å²) in [4.78, 5) is 30.5. The van der Waals surface area contributed by atoms with Crippen molar-refractivity contribution in [2.24, 2.45) is 11.7 Å². The zero-order chi connectivity index (χ0) is 21.4. The maximum Gasteiger partial charge on any atom is 0.253 e. The summed E-state index contributed by atoms with van der Waals surface area (Å²) < 4.78 is 1.64. The van der Waals surface area contributed by atoms with Crippen molar-refractivity contribution in [1.82, 2.24) is 29.9 Å². The molecule has 2 aromatic carbocycles. The Morgan fingerprint density at radius 2 is 1.77 bits per heavy atom. The van der Waals surface area contributed by atoms with E-state index in [0.29, 0.717) is 43.0 Å². The highest BCUT2D eigenvalue weighted by Crippen LogP contribution is 2.24. The molecule has 0 unspecified atom stereocenters. The number of nitrogens with zero attached hydrogens (tertiary/aromatic N) is 6. The van der Waals surface area contributed by atoms with Gasteiger partial charge in [-0.3, -0.25) is 9.59 Å². The standard InChI is InChI=1S/C21H20N8O2/c22-18(30)13-9-11-28(12-10-13)21(31)14-5-7-15(8-6-14)23-19-20-25-26-27-29(20)17-4-2-1-3-16(17)24-19/h1-8,13H,9-12H2,(H2,22,30)(H,23,24). The Hall–Kier alpha value is -4.08. The van der Waals surface area contributed by atoms with Gasteiger partial charge in [-0.05, 0) is 59.7 Å². The monoisotopic (exact) mass is 416 g/mol. The topological polar surface area (TPSA) is 131 Å². The predicted molar refractivity (Wildman–Crippen MR) is 114 cm³/mol. The minimum atomic E-state index is -0.290. The first-order valence-electron chi connectivity index (χ1n) is 10.0. The van der Waals surface area contributed by atoms with Crippen molar-refractivity contribution >= 4 is 40.0 Å². The molecule has 2 aromatic heterocycles. The van der Waals surface area contributed by atoms with Crippen LogP contribution >= 0.6 is 0 Å². The van der Waals surface area contributed by atoms with E-state index in [1.165, 1.54) is 0 Å².